The van der Waals surface area contributed by atoms with Crippen LogP contribution in [0.5, 0.6) is 0 Å². The van der Waals surface area contributed by atoms with Crippen LogP contribution in [-0.2, 0) is 18.5 Å². The van der Waals surface area contributed by atoms with Gasteiger partial charge in [0.1, 0.15) is 16.8 Å². The Morgan fingerprint density at radius 3 is 2.52 bits per heavy atom. The standard InChI is InChI=1S/C12H11Cl2FO5S/c13-9-6-10(15)11(21(14,17)18)5-8(9)12(16)20-7-1-3-19-4-2-7/h5-7H,1-4H2. The summed E-state index contributed by atoms with van der Waals surface area (Å²) >= 11 is 5.76. The quantitative estimate of drug-likeness (QED) is 0.615. The summed E-state index contributed by atoms with van der Waals surface area (Å²) < 4.78 is 46.3. The van der Waals surface area contributed by atoms with Gasteiger partial charge in [0.05, 0.1) is 23.8 Å². The van der Waals surface area contributed by atoms with Crippen molar-refractivity contribution in [2.24, 2.45) is 0 Å². The monoisotopic (exact) mass is 356 g/mol. The Kier molecular flexibility index (Phi) is 5.08. The van der Waals surface area contributed by atoms with E-state index in [0.29, 0.717) is 26.1 Å². The van der Waals surface area contributed by atoms with Gasteiger partial charge in [-0.15, -0.1) is 0 Å². The first-order chi connectivity index (χ1) is 9.79. The molecule has 116 valence electrons. The van der Waals surface area contributed by atoms with E-state index in [1.54, 1.807) is 0 Å². The van der Waals surface area contributed by atoms with Crippen molar-refractivity contribution in [2.75, 3.05) is 13.2 Å². The highest BCUT2D eigenvalue weighted by Gasteiger charge is 2.25. The molecular formula is C12H11Cl2FO5S. The van der Waals surface area contributed by atoms with Crippen molar-refractivity contribution in [2.45, 2.75) is 23.8 Å². The lowest BCUT2D eigenvalue weighted by molar-refractivity contribution is -0.0159. The molecule has 1 fully saturated rings. The zero-order valence-electron chi connectivity index (χ0n) is 10.6. The van der Waals surface area contributed by atoms with E-state index in [0.717, 1.165) is 12.1 Å². The Bertz CT molecular complexity index is 656. The summed E-state index contributed by atoms with van der Waals surface area (Å²) in [5, 5.41) is -0.242. The van der Waals surface area contributed by atoms with E-state index in [1.807, 2.05) is 0 Å². The van der Waals surface area contributed by atoms with Crippen LogP contribution in [0.2, 0.25) is 5.02 Å². The van der Waals surface area contributed by atoms with E-state index < -0.39 is 25.7 Å². The summed E-state index contributed by atoms with van der Waals surface area (Å²) in [5.41, 5.74) is -0.246. The van der Waals surface area contributed by atoms with Crippen molar-refractivity contribution in [3.05, 3.63) is 28.5 Å². The summed E-state index contributed by atoms with van der Waals surface area (Å²) in [7, 11) is 0.777. The third-order valence-electron chi connectivity index (χ3n) is 2.95. The average molecular weight is 357 g/mol. The third-order valence-corrected chi connectivity index (χ3v) is 4.60. The fourth-order valence-corrected chi connectivity index (χ4v) is 3.01. The topological polar surface area (TPSA) is 69.7 Å². The molecule has 0 aliphatic carbocycles. The highest BCUT2D eigenvalue weighted by atomic mass is 35.7. The second kappa shape index (κ2) is 6.48. The minimum absolute atomic E-state index is 0.242. The zero-order valence-corrected chi connectivity index (χ0v) is 13.0. The summed E-state index contributed by atoms with van der Waals surface area (Å²) in [6, 6.07) is 1.50. The lowest BCUT2D eigenvalue weighted by Crippen LogP contribution is -2.26. The van der Waals surface area contributed by atoms with Gasteiger partial charge in [0.15, 0.2) is 0 Å². The Morgan fingerprint density at radius 2 is 1.95 bits per heavy atom. The molecule has 0 bridgehead atoms. The Hall–Kier alpha value is -0.890. The van der Waals surface area contributed by atoms with E-state index in [2.05, 4.69) is 0 Å². The van der Waals surface area contributed by atoms with Crippen molar-refractivity contribution < 1.29 is 27.1 Å². The summed E-state index contributed by atoms with van der Waals surface area (Å²) in [6.07, 6.45) is 0.722. The number of carbonyl (C=O) groups is 1. The maximum absolute atomic E-state index is 13.5. The predicted octanol–water partition coefficient (Wildman–Crippen LogP) is 2.74. The van der Waals surface area contributed by atoms with Crippen LogP contribution in [0.4, 0.5) is 4.39 Å². The summed E-state index contributed by atoms with van der Waals surface area (Å²) in [4.78, 5) is 11.2. The Labute approximate surface area is 130 Å². The highest BCUT2D eigenvalue weighted by molar-refractivity contribution is 8.13. The van der Waals surface area contributed by atoms with Crippen LogP contribution in [0.25, 0.3) is 0 Å². The maximum Gasteiger partial charge on any atom is 0.339 e. The highest BCUT2D eigenvalue weighted by Crippen LogP contribution is 2.27. The van der Waals surface area contributed by atoms with Crippen LogP contribution in [0.1, 0.15) is 23.2 Å². The van der Waals surface area contributed by atoms with Gasteiger partial charge in [-0.05, 0) is 12.1 Å². The molecule has 2 rings (SSSR count). The van der Waals surface area contributed by atoms with E-state index in [-0.39, 0.29) is 16.7 Å². The SMILES string of the molecule is O=C(OC1CCOCC1)c1cc(S(=O)(=O)Cl)c(F)cc1Cl. The predicted molar refractivity (Wildman–Crippen MR) is 73.7 cm³/mol. The molecule has 5 nitrogen and oxygen atoms in total. The molecule has 1 aromatic carbocycles. The smallest absolute Gasteiger partial charge is 0.339 e. The van der Waals surface area contributed by atoms with Gasteiger partial charge in [0, 0.05) is 23.5 Å². The fraction of sp³-hybridized carbons (Fsp3) is 0.417. The first-order valence-corrected chi connectivity index (χ1v) is 8.70. The molecule has 0 unspecified atom stereocenters. The van der Waals surface area contributed by atoms with Gasteiger partial charge < -0.3 is 9.47 Å². The molecule has 9 heteroatoms. The largest absolute Gasteiger partial charge is 0.459 e. The zero-order chi connectivity index (χ0) is 15.6. The number of halogens is 3. The average Bonchev–Trinajstić information content (AvgIpc) is 2.38. The number of benzene rings is 1. The third kappa shape index (κ3) is 4.06. The summed E-state index contributed by atoms with van der Waals surface area (Å²) in [5.74, 6) is -1.95. The van der Waals surface area contributed by atoms with Crippen molar-refractivity contribution in [3.63, 3.8) is 0 Å². The molecule has 1 aromatic rings. The number of hydrogen-bond acceptors (Lipinski definition) is 5. The van der Waals surface area contributed by atoms with Crippen molar-refractivity contribution in [1.29, 1.82) is 0 Å². The molecule has 0 aromatic heterocycles. The minimum atomic E-state index is -4.33. The van der Waals surface area contributed by atoms with Gasteiger partial charge in [-0.1, -0.05) is 11.6 Å². The van der Waals surface area contributed by atoms with Crippen LogP contribution in [0.3, 0.4) is 0 Å². The molecule has 1 saturated heterocycles. The molecule has 21 heavy (non-hydrogen) atoms. The molecular weight excluding hydrogens is 346 g/mol. The van der Waals surface area contributed by atoms with Gasteiger partial charge in [-0.3, -0.25) is 0 Å². The number of rotatable bonds is 3. The molecule has 1 aliphatic rings. The maximum atomic E-state index is 13.5. The normalized spacial score (nSPS) is 16.7. The Morgan fingerprint density at radius 1 is 1.33 bits per heavy atom. The second-order valence-electron chi connectivity index (χ2n) is 4.42. The Balaban J connectivity index is 2.28. The number of ether oxygens (including phenoxy) is 2. The summed E-state index contributed by atoms with van der Waals surface area (Å²) in [6.45, 7) is 0.937. The number of carbonyl (C=O) groups excluding carboxylic acids is 1. The van der Waals surface area contributed by atoms with Crippen molar-refractivity contribution in [1.82, 2.24) is 0 Å². The van der Waals surface area contributed by atoms with Crippen LogP contribution in [-0.4, -0.2) is 33.7 Å². The minimum Gasteiger partial charge on any atom is -0.459 e. The molecule has 0 atom stereocenters. The molecule has 0 radical (unpaired) electrons. The van der Waals surface area contributed by atoms with Crippen LogP contribution < -0.4 is 0 Å². The van der Waals surface area contributed by atoms with Crippen LogP contribution in [0.15, 0.2) is 17.0 Å². The van der Waals surface area contributed by atoms with Crippen LogP contribution in [0, 0.1) is 5.82 Å². The van der Waals surface area contributed by atoms with E-state index in [1.165, 1.54) is 0 Å². The lowest BCUT2D eigenvalue weighted by Gasteiger charge is -2.22. The van der Waals surface area contributed by atoms with Crippen molar-refractivity contribution in [3.8, 4) is 0 Å². The number of hydrogen-bond donors (Lipinski definition) is 0. The number of esters is 1. The van der Waals surface area contributed by atoms with Crippen molar-refractivity contribution >= 4 is 37.3 Å². The van der Waals surface area contributed by atoms with Gasteiger partial charge in [0.25, 0.3) is 9.05 Å². The van der Waals surface area contributed by atoms with E-state index >= 15 is 0 Å². The van der Waals surface area contributed by atoms with Crippen LogP contribution >= 0.6 is 22.3 Å². The van der Waals surface area contributed by atoms with E-state index in [9.17, 15) is 17.6 Å². The van der Waals surface area contributed by atoms with Gasteiger partial charge >= 0.3 is 5.97 Å². The van der Waals surface area contributed by atoms with Gasteiger partial charge in [-0.2, -0.15) is 0 Å². The fourth-order valence-electron chi connectivity index (χ4n) is 1.88. The lowest BCUT2D eigenvalue weighted by atomic mass is 10.1. The van der Waals surface area contributed by atoms with E-state index in [4.69, 9.17) is 31.8 Å². The molecule has 0 amide bonds. The molecule has 0 spiro atoms. The van der Waals surface area contributed by atoms with Gasteiger partial charge in [0.2, 0.25) is 0 Å². The first-order valence-electron chi connectivity index (χ1n) is 6.01. The second-order valence-corrected chi connectivity index (χ2v) is 7.36. The molecule has 1 aliphatic heterocycles. The van der Waals surface area contributed by atoms with Gasteiger partial charge in [-0.25, -0.2) is 17.6 Å². The molecule has 1 heterocycles. The molecule has 0 N–H and O–H groups in total. The molecule has 0 saturated carbocycles. The first kappa shape index (κ1) is 16.5.